The van der Waals surface area contributed by atoms with Gasteiger partial charge >= 0.3 is 0 Å². The highest BCUT2D eigenvalue weighted by molar-refractivity contribution is 7.11. The number of benzene rings is 1. The predicted molar refractivity (Wildman–Crippen MR) is 86.9 cm³/mol. The number of methoxy groups -OCH3 is 1. The highest BCUT2D eigenvalue weighted by Gasteiger charge is 2.04. The van der Waals surface area contributed by atoms with Crippen molar-refractivity contribution < 1.29 is 4.74 Å². The number of aromatic nitrogens is 2. The smallest absolute Gasteiger partial charge is 0.118 e. The average molecular weight is 305 g/mol. The Morgan fingerprint density at radius 3 is 2.67 bits per heavy atom. The first-order valence-corrected chi connectivity index (χ1v) is 8.16. The van der Waals surface area contributed by atoms with Gasteiger partial charge in [-0.25, -0.2) is 0 Å². The number of hydrogen-bond donors (Lipinski definition) is 1. The molecule has 1 aromatic heterocycles. The molecule has 0 radical (unpaired) electrons. The second-order valence-corrected chi connectivity index (χ2v) is 6.22. The minimum absolute atomic E-state index is 0.748. The van der Waals surface area contributed by atoms with Crippen molar-refractivity contribution in [3.05, 3.63) is 45.4 Å². The van der Waals surface area contributed by atoms with Crippen molar-refractivity contribution in [3.8, 4) is 0 Å². The van der Waals surface area contributed by atoms with E-state index in [9.17, 15) is 0 Å². The molecular weight excluding hydrogens is 282 g/mol. The molecule has 4 nitrogen and oxygen atoms in total. The molecule has 0 atom stereocenters. The van der Waals surface area contributed by atoms with Crippen molar-refractivity contribution >= 4 is 11.3 Å². The van der Waals surface area contributed by atoms with Crippen LogP contribution >= 0.6 is 11.3 Å². The highest BCUT2D eigenvalue weighted by Crippen LogP contribution is 2.14. The molecule has 0 amide bonds. The Kier molecular flexibility index (Phi) is 6.79. The molecule has 0 bridgehead atoms. The van der Waals surface area contributed by atoms with E-state index in [1.807, 2.05) is 0 Å². The van der Waals surface area contributed by atoms with Crippen LogP contribution < -0.4 is 5.32 Å². The fourth-order valence-electron chi connectivity index (χ4n) is 2.10. The van der Waals surface area contributed by atoms with Crippen molar-refractivity contribution in [1.29, 1.82) is 0 Å². The summed E-state index contributed by atoms with van der Waals surface area (Å²) in [5.41, 5.74) is 2.68. The standard InChI is InChI=1S/C16H23N3OS/c1-13-4-3-5-14(12-13)6-7-15-18-19-16(21-15)8-9-17-10-11-20-2/h3-5,12,17H,6-11H2,1-2H3. The van der Waals surface area contributed by atoms with E-state index in [4.69, 9.17) is 4.74 Å². The second-order valence-electron chi connectivity index (χ2n) is 5.07. The lowest BCUT2D eigenvalue weighted by Crippen LogP contribution is -2.21. The zero-order valence-electron chi connectivity index (χ0n) is 12.8. The van der Waals surface area contributed by atoms with Gasteiger partial charge in [-0.15, -0.1) is 21.5 Å². The van der Waals surface area contributed by atoms with Gasteiger partial charge in [0.15, 0.2) is 0 Å². The van der Waals surface area contributed by atoms with Crippen LogP contribution in [0.2, 0.25) is 0 Å². The molecule has 0 unspecified atom stereocenters. The van der Waals surface area contributed by atoms with Crippen LogP contribution in [-0.2, 0) is 24.0 Å². The van der Waals surface area contributed by atoms with E-state index >= 15 is 0 Å². The second kappa shape index (κ2) is 8.87. The minimum Gasteiger partial charge on any atom is -0.383 e. The van der Waals surface area contributed by atoms with E-state index in [1.54, 1.807) is 18.4 Å². The van der Waals surface area contributed by atoms with Crippen LogP contribution in [0.5, 0.6) is 0 Å². The lowest BCUT2D eigenvalue weighted by atomic mass is 10.1. The maximum absolute atomic E-state index is 4.99. The first-order valence-electron chi connectivity index (χ1n) is 7.34. The van der Waals surface area contributed by atoms with E-state index in [0.29, 0.717) is 0 Å². The van der Waals surface area contributed by atoms with Gasteiger partial charge in [0, 0.05) is 33.0 Å². The summed E-state index contributed by atoms with van der Waals surface area (Å²) >= 11 is 1.73. The molecule has 0 aliphatic rings. The molecule has 1 aromatic carbocycles. The van der Waals surface area contributed by atoms with E-state index < -0.39 is 0 Å². The topological polar surface area (TPSA) is 47.0 Å². The molecule has 0 aliphatic heterocycles. The Morgan fingerprint density at radius 2 is 1.90 bits per heavy atom. The number of nitrogens with zero attached hydrogens (tertiary/aromatic N) is 2. The van der Waals surface area contributed by atoms with Crippen LogP contribution in [0.25, 0.3) is 0 Å². The average Bonchev–Trinajstić information content (AvgIpc) is 2.93. The molecule has 1 N–H and O–H groups in total. The zero-order chi connectivity index (χ0) is 14.9. The lowest BCUT2D eigenvalue weighted by molar-refractivity contribution is 0.199. The van der Waals surface area contributed by atoms with Crippen molar-refractivity contribution in [2.24, 2.45) is 0 Å². The number of aryl methyl sites for hydroxylation is 3. The fraction of sp³-hybridized carbons (Fsp3) is 0.500. The maximum atomic E-state index is 4.99. The SMILES string of the molecule is COCCNCCc1nnc(CCc2cccc(C)c2)s1. The predicted octanol–water partition coefficient (Wildman–Crippen LogP) is 2.41. The molecule has 0 fully saturated rings. The largest absolute Gasteiger partial charge is 0.383 e. The van der Waals surface area contributed by atoms with Crippen molar-refractivity contribution in [2.75, 3.05) is 26.8 Å². The molecule has 0 aliphatic carbocycles. The summed E-state index contributed by atoms with van der Waals surface area (Å²) in [6, 6.07) is 8.65. The lowest BCUT2D eigenvalue weighted by Gasteiger charge is -2.01. The number of hydrogen-bond acceptors (Lipinski definition) is 5. The Morgan fingerprint density at radius 1 is 1.10 bits per heavy atom. The molecule has 0 spiro atoms. The monoisotopic (exact) mass is 305 g/mol. The molecule has 1 heterocycles. The third-order valence-corrected chi connectivity index (χ3v) is 4.26. The Balaban J connectivity index is 1.72. The first-order chi connectivity index (χ1) is 10.3. The maximum Gasteiger partial charge on any atom is 0.118 e. The van der Waals surface area contributed by atoms with Gasteiger partial charge < -0.3 is 10.1 Å². The minimum atomic E-state index is 0.748. The van der Waals surface area contributed by atoms with Crippen molar-refractivity contribution in [2.45, 2.75) is 26.2 Å². The van der Waals surface area contributed by atoms with Gasteiger partial charge in [-0.3, -0.25) is 0 Å². The highest BCUT2D eigenvalue weighted by atomic mass is 32.1. The summed E-state index contributed by atoms with van der Waals surface area (Å²) in [5, 5.41) is 14.1. The van der Waals surface area contributed by atoms with E-state index in [0.717, 1.165) is 49.0 Å². The van der Waals surface area contributed by atoms with Crippen LogP contribution in [0.15, 0.2) is 24.3 Å². The van der Waals surface area contributed by atoms with Gasteiger partial charge in [-0.05, 0) is 18.9 Å². The molecule has 5 heteroatoms. The van der Waals surface area contributed by atoms with Crippen molar-refractivity contribution in [3.63, 3.8) is 0 Å². The van der Waals surface area contributed by atoms with Crippen LogP contribution in [0.3, 0.4) is 0 Å². The molecule has 2 rings (SSSR count). The van der Waals surface area contributed by atoms with Crippen LogP contribution in [0, 0.1) is 6.92 Å². The van der Waals surface area contributed by atoms with Gasteiger partial charge in [0.1, 0.15) is 10.0 Å². The first kappa shape index (κ1) is 16.1. The van der Waals surface area contributed by atoms with Gasteiger partial charge in [-0.1, -0.05) is 29.8 Å². The van der Waals surface area contributed by atoms with Gasteiger partial charge in [-0.2, -0.15) is 0 Å². The molecule has 114 valence electrons. The molecule has 21 heavy (non-hydrogen) atoms. The van der Waals surface area contributed by atoms with Gasteiger partial charge in [0.2, 0.25) is 0 Å². The molecular formula is C16H23N3OS. The van der Waals surface area contributed by atoms with E-state index in [2.05, 4.69) is 46.7 Å². The third-order valence-electron chi connectivity index (χ3n) is 3.22. The number of rotatable bonds is 9. The normalized spacial score (nSPS) is 11.0. The van der Waals surface area contributed by atoms with Crippen molar-refractivity contribution in [1.82, 2.24) is 15.5 Å². The summed E-state index contributed by atoms with van der Waals surface area (Å²) < 4.78 is 4.99. The molecule has 0 saturated carbocycles. The third kappa shape index (κ3) is 5.91. The summed E-state index contributed by atoms with van der Waals surface area (Å²) in [6.07, 6.45) is 2.94. The van der Waals surface area contributed by atoms with Crippen LogP contribution in [0.1, 0.15) is 21.1 Å². The van der Waals surface area contributed by atoms with Crippen LogP contribution in [-0.4, -0.2) is 37.0 Å². The zero-order valence-corrected chi connectivity index (χ0v) is 13.6. The Hall–Kier alpha value is -1.30. The van der Waals surface area contributed by atoms with Gasteiger partial charge in [0.05, 0.1) is 6.61 Å². The summed E-state index contributed by atoms with van der Waals surface area (Å²) in [7, 11) is 1.72. The van der Waals surface area contributed by atoms with Gasteiger partial charge in [0.25, 0.3) is 0 Å². The Labute approximate surface area is 130 Å². The van der Waals surface area contributed by atoms with E-state index in [-0.39, 0.29) is 0 Å². The quantitative estimate of drug-likeness (QED) is 0.723. The number of ether oxygens (including phenoxy) is 1. The summed E-state index contributed by atoms with van der Waals surface area (Å²) in [4.78, 5) is 0. The fourth-order valence-corrected chi connectivity index (χ4v) is 2.95. The molecule has 0 saturated heterocycles. The number of nitrogens with one attached hydrogen (secondary N) is 1. The van der Waals surface area contributed by atoms with Crippen LogP contribution in [0.4, 0.5) is 0 Å². The summed E-state index contributed by atoms with van der Waals surface area (Å²) in [5.74, 6) is 0. The molecule has 2 aromatic rings. The van der Waals surface area contributed by atoms with E-state index in [1.165, 1.54) is 11.1 Å². The Bertz CT molecular complexity index is 542. The summed E-state index contributed by atoms with van der Waals surface area (Å²) in [6.45, 7) is 4.69.